The lowest BCUT2D eigenvalue weighted by molar-refractivity contribution is 0.0473. The van der Waals surface area contributed by atoms with Gasteiger partial charge in [0.05, 0.1) is 12.2 Å². The molecule has 0 atom stereocenters. The van der Waals surface area contributed by atoms with E-state index in [1.54, 1.807) is 49.0 Å². The van der Waals surface area contributed by atoms with Gasteiger partial charge in [0, 0.05) is 41.1 Å². The minimum atomic E-state index is -1.15. The largest absolute Gasteiger partial charge is 0.384 e. The molecule has 1 aliphatic carbocycles. The highest BCUT2D eigenvalue weighted by molar-refractivity contribution is 5.85. The Kier molecular flexibility index (Phi) is 6.98. The number of fused-ring (bicyclic) bond motifs is 2. The van der Waals surface area contributed by atoms with E-state index < -0.39 is 5.60 Å². The van der Waals surface area contributed by atoms with E-state index in [1.807, 2.05) is 6.07 Å². The quantitative estimate of drug-likeness (QED) is 0.230. The van der Waals surface area contributed by atoms with Gasteiger partial charge in [-0.15, -0.1) is 6.58 Å². The van der Waals surface area contributed by atoms with E-state index in [0.717, 1.165) is 24.0 Å². The molecule has 218 valence electrons. The summed E-state index contributed by atoms with van der Waals surface area (Å²) in [6, 6.07) is 13.7. The Morgan fingerprint density at radius 3 is 2.67 bits per heavy atom. The van der Waals surface area contributed by atoms with Crippen molar-refractivity contribution in [3.05, 3.63) is 83.6 Å². The van der Waals surface area contributed by atoms with Gasteiger partial charge in [-0.2, -0.15) is 4.98 Å². The standard InChI is InChI=1S/C32H38N8O2/c1-6-17-39-29(41)24-21-33-30(36-28(24)40(39)27-10-7-9-26(35-27)31(2,3)42)34-23-11-12-25-22(20-23)13-18-38(25)19-16-32(37(4)5)14-8-15-32/h6-7,9-13,18,20-21,42H,1,8,14-17,19H2,2-5H3,(H,33,34,36). The Morgan fingerprint density at radius 2 is 1.98 bits per heavy atom. The van der Waals surface area contributed by atoms with Crippen molar-refractivity contribution >= 4 is 33.6 Å². The summed E-state index contributed by atoms with van der Waals surface area (Å²) in [6.45, 7) is 8.40. The summed E-state index contributed by atoms with van der Waals surface area (Å²) in [5, 5.41) is 15.4. The van der Waals surface area contributed by atoms with Crippen LogP contribution in [0.5, 0.6) is 0 Å². The van der Waals surface area contributed by atoms with Gasteiger partial charge in [0.25, 0.3) is 5.56 Å². The second-order valence-corrected chi connectivity index (χ2v) is 12.0. The zero-order chi connectivity index (χ0) is 29.6. The monoisotopic (exact) mass is 566 g/mol. The summed E-state index contributed by atoms with van der Waals surface area (Å²) in [5.41, 5.74) is 1.88. The molecule has 4 heterocycles. The molecular weight excluding hydrogens is 528 g/mol. The number of benzene rings is 1. The van der Waals surface area contributed by atoms with E-state index in [0.29, 0.717) is 34.0 Å². The van der Waals surface area contributed by atoms with Gasteiger partial charge in [-0.25, -0.2) is 19.3 Å². The summed E-state index contributed by atoms with van der Waals surface area (Å²) in [5.74, 6) is 0.830. The van der Waals surface area contributed by atoms with Crippen molar-refractivity contribution in [1.29, 1.82) is 0 Å². The Hall–Kier alpha value is -4.28. The average Bonchev–Trinajstić information content (AvgIpc) is 3.45. The lowest BCUT2D eigenvalue weighted by Crippen LogP contribution is -2.50. The molecule has 0 unspecified atom stereocenters. The third kappa shape index (κ3) is 4.90. The molecule has 0 aliphatic heterocycles. The number of nitrogens with zero attached hydrogens (tertiary/aromatic N) is 7. The number of allylic oxidation sites excluding steroid dienone is 1. The molecule has 0 radical (unpaired) electrons. The Balaban J connectivity index is 1.32. The summed E-state index contributed by atoms with van der Waals surface area (Å²) < 4.78 is 5.51. The third-order valence-electron chi connectivity index (χ3n) is 8.63. The average molecular weight is 567 g/mol. The van der Waals surface area contributed by atoms with Crippen molar-refractivity contribution in [2.45, 2.75) is 63.8 Å². The lowest BCUT2D eigenvalue weighted by atomic mass is 9.73. The number of anilines is 2. The van der Waals surface area contributed by atoms with Crippen LogP contribution in [0.3, 0.4) is 0 Å². The van der Waals surface area contributed by atoms with Crippen LogP contribution >= 0.6 is 0 Å². The van der Waals surface area contributed by atoms with Crippen LogP contribution in [0.2, 0.25) is 0 Å². The number of hydrogen-bond acceptors (Lipinski definition) is 7. The minimum absolute atomic E-state index is 0.243. The maximum atomic E-state index is 13.3. The van der Waals surface area contributed by atoms with Crippen molar-refractivity contribution in [1.82, 2.24) is 33.8 Å². The predicted molar refractivity (Wildman–Crippen MR) is 166 cm³/mol. The number of hydrogen-bond donors (Lipinski definition) is 2. The zero-order valence-electron chi connectivity index (χ0n) is 24.7. The number of aryl methyl sites for hydroxylation is 1. The van der Waals surface area contributed by atoms with Gasteiger partial charge >= 0.3 is 0 Å². The van der Waals surface area contributed by atoms with E-state index in [1.165, 1.54) is 29.5 Å². The molecule has 0 saturated heterocycles. The second kappa shape index (κ2) is 10.5. The van der Waals surface area contributed by atoms with Crippen LogP contribution in [0.15, 0.2) is 72.3 Å². The fourth-order valence-electron chi connectivity index (χ4n) is 5.93. The number of aromatic nitrogens is 6. The van der Waals surface area contributed by atoms with Gasteiger partial charge in [0.1, 0.15) is 11.0 Å². The zero-order valence-corrected chi connectivity index (χ0v) is 24.7. The van der Waals surface area contributed by atoms with Crippen LogP contribution < -0.4 is 10.9 Å². The first kappa shape index (κ1) is 27.9. The molecule has 4 aromatic heterocycles. The van der Waals surface area contributed by atoms with Gasteiger partial charge < -0.3 is 19.9 Å². The molecule has 0 spiro atoms. The normalized spacial score (nSPS) is 14.9. The summed E-state index contributed by atoms with van der Waals surface area (Å²) in [6.07, 6.45) is 10.3. The first-order chi connectivity index (χ1) is 20.1. The maximum absolute atomic E-state index is 13.3. The van der Waals surface area contributed by atoms with E-state index in [9.17, 15) is 9.90 Å². The van der Waals surface area contributed by atoms with Crippen molar-refractivity contribution < 1.29 is 5.11 Å². The van der Waals surface area contributed by atoms with E-state index in [4.69, 9.17) is 4.98 Å². The number of nitrogens with one attached hydrogen (secondary N) is 1. The van der Waals surface area contributed by atoms with Crippen LogP contribution in [0, 0.1) is 0 Å². The summed E-state index contributed by atoms with van der Waals surface area (Å²) in [4.78, 5) is 29.6. The minimum Gasteiger partial charge on any atom is -0.384 e. The Morgan fingerprint density at radius 1 is 1.17 bits per heavy atom. The first-order valence-electron chi connectivity index (χ1n) is 14.4. The topological polar surface area (TPSA) is 106 Å². The SMILES string of the molecule is C=CCn1c(=O)c2cnc(Nc3ccc4c(ccn4CCC4(N(C)C)CCC4)c3)nc2n1-c1cccc(C(C)(C)O)n1. The Labute approximate surface area is 244 Å². The summed E-state index contributed by atoms with van der Waals surface area (Å²) >= 11 is 0. The van der Waals surface area contributed by atoms with Crippen molar-refractivity contribution in [3.63, 3.8) is 0 Å². The van der Waals surface area contributed by atoms with E-state index in [-0.39, 0.29) is 12.1 Å². The smallest absolute Gasteiger partial charge is 0.278 e. The fraction of sp³-hybridized carbons (Fsp3) is 0.375. The molecule has 1 fully saturated rings. The van der Waals surface area contributed by atoms with E-state index >= 15 is 0 Å². The molecule has 5 aromatic rings. The van der Waals surface area contributed by atoms with Gasteiger partial charge in [-0.3, -0.25) is 4.79 Å². The molecule has 42 heavy (non-hydrogen) atoms. The lowest BCUT2D eigenvalue weighted by Gasteiger charge is -2.47. The maximum Gasteiger partial charge on any atom is 0.278 e. The van der Waals surface area contributed by atoms with Gasteiger partial charge in [0.2, 0.25) is 5.95 Å². The van der Waals surface area contributed by atoms with Crippen LogP contribution in [0.25, 0.3) is 27.8 Å². The highest BCUT2D eigenvalue weighted by Crippen LogP contribution is 2.39. The van der Waals surface area contributed by atoms with Crippen molar-refractivity contribution in [2.75, 3.05) is 19.4 Å². The molecular formula is C32H38N8O2. The van der Waals surface area contributed by atoms with E-state index in [2.05, 4.69) is 69.8 Å². The molecule has 0 amide bonds. The van der Waals surface area contributed by atoms with Crippen LogP contribution in [-0.2, 0) is 18.7 Å². The summed E-state index contributed by atoms with van der Waals surface area (Å²) in [7, 11) is 4.39. The first-order valence-corrected chi connectivity index (χ1v) is 14.4. The van der Waals surface area contributed by atoms with Crippen molar-refractivity contribution in [2.24, 2.45) is 0 Å². The highest BCUT2D eigenvalue weighted by atomic mass is 16.3. The second-order valence-electron chi connectivity index (χ2n) is 12.0. The molecule has 10 heteroatoms. The molecule has 1 aromatic carbocycles. The fourth-order valence-corrected chi connectivity index (χ4v) is 5.93. The molecule has 0 bridgehead atoms. The van der Waals surface area contributed by atoms with Gasteiger partial charge in [-0.1, -0.05) is 12.1 Å². The number of rotatable bonds is 10. The molecule has 1 aliphatic rings. The van der Waals surface area contributed by atoms with Crippen LogP contribution in [0.1, 0.15) is 45.2 Å². The number of pyridine rings is 1. The van der Waals surface area contributed by atoms with Crippen LogP contribution in [-0.4, -0.2) is 58.5 Å². The number of aliphatic hydroxyl groups is 1. The molecule has 2 N–H and O–H groups in total. The predicted octanol–water partition coefficient (Wildman–Crippen LogP) is 4.96. The van der Waals surface area contributed by atoms with Crippen LogP contribution in [0.4, 0.5) is 11.6 Å². The molecule has 6 rings (SSSR count). The van der Waals surface area contributed by atoms with Gasteiger partial charge in [0.15, 0.2) is 11.5 Å². The van der Waals surface area contributed by atoms with Crippen molar-refractivity contribution in [3.8, 4) is 5.82 Å². The third-order valence-corrected chi connectivity index (χ3v) is 8.63. The highest BCUT2D eigenvalue weighted by Gasteiger charge is 2.38. The Bertz CT molecular complexity index is 1840. The molecule has 1 saturated carbocycles. The van der Waals surface area contributed by atoms with Gasteiger partial charge in [-0.05, 0) is 90.0 Å². The molecule has 10 nitrogen and oxygen atoms in total.